The van der Waals surface area contributed by atoms with Crippen LogP contribution >= 0.6 is 0 Å². The Labute approximate surface area is 169 Å². The molecule has 0 aromatic heterocycles. The lowest BCUT2D eigenvalue weighted by Gasteiger charge is -2.31. The Balaban J connectivity index is 1.63. The maximum atomic E-state index is 10.9. The number of hydrogen-bond acceptors (Lipinski definition) is 11. The molecule has 0 saturated carbocycles. The van der Waals surface area contributed by atoms with Gasteiger partial charge in [-0.1, -0.05) is 6.92 Å². The van der Waals surface area contributed by atoms with Crippen molar-refractivity contribution in [1.29, 1.82) is 0 Å². The van der Waals surface area contributed by atoms with E-state index in [1.807, 2.05) is 13.8 Å². The van der Waals surface area contributed by atoms with Gasteiger partial charge in [0, 0.05) is 6.42 Å². The van der Waals surface area contributed by atoms with Crippen molar-refractivity contribution in [3.05, 3.63) is 0 Å². The molecule has 168 valence electrons. The molecule has 0 spiro atoms. The number of aliphatic hydroxyl groups is 2. The molecule has 0 amide bonds. The zero-order valence-corrected chi connectivity index (χ0v) is 16.7. The van der Waals surface area contributed by atoms with Gasteiger partial charge in [0.1, 0.15) is 19.3 Å². The monoisotopic (exact) mass is 422 g/mol. The van der Waals surface area contributed by atoms with Crippen molar-refractivity contribution >= 4 is 12.3 Å². The summed E-state index contributed by atoms with van der Waals surface area (Å²) in [5.41, 5.74) is -0.628. The third kappa shape index (κ3) is 8.31. The predicted molar refractivity (Wildman–Crippen MR) is 95.4 cm³/mol. The van der Waals surface area contributed by atoms with Gasteiger partial charge in [0.2, 0.25) is 0 Å². The first kappa shape index (κ1) is 23.6. The Morgan fingerprint density at radius 1 is 1.10 bits per heavy atom. The summed E-state index contributed by atoms with van der Waals surface area (Å²) in [5, 5.41) is 19.6. The van der Waals surface area contributed by atoms with Crippen LogP contribution in [0.25, 0.3) is 0 Å². The Bertz CT molecular complexity index is 528. The van der Waals surface area contributed by atoms with Gasteiger partial charge in [-0.3, -0.25) is 0 Å². The molecule has 5 unspecified atom stereocenters. The van der Waals surface area contributed by atoms with Gasteiger partial charge >= 0.3 is 12.3 Å². The molecule has 5 atom stereocenters. The van der Waals surface area contributed by atoms with E-state index in [1.54, 1.807) is 0 Å². The molecule has 0 aromatic rings. The van der Waals surface area contributed by atoms with Gasteiger partial charge in [-0.2, -0.15) is 0 Å². The van der Waals surface area contributed by atoms with Crippen molar-refractivity contribution in [2.24, 2.45) is 0 Å². The molecule has 2 saturated heterocycles. The predicted octanol–water partition coefficient (Wildman–Crippen LogP) is 0.388. The summed E-state index contributed by atoms with van der Waals surface area (Å²) >= 11 is 0. The number of carbonyl (C=O) groups excluding carboxylic acids is 2. The first-order chi connectivity index (χ1) is 13.8. The van der Waals surface area contributed by atoms with Crippen molar-refractivity contribution < 1.29 is 53.0 Å². The second-order valence-electron chi connectivity index (χ2n) is 7.25. The van der Waals surface area contributed by atoms with Gasteiger partial charge in [-0.05, 0) is 13.3 Å². The first-order valence-corrected chi connectivity index (χ1v) is 9.62. The average Bonchev–Trinajstić information content (AvgIpc) is 3.30. The summed E-state index contributed by atoms with van der Waals surface area (Å²) in [4.78, 5) is 21.8. The maximum Gasteiger partial charge on any atom is 0.508 e. The van der Waals surface area contributed by atoms with Gasteiger partial charge in [0.05, 0.1) is 44.7 Å². The Morgan fingerprint density at radius 2 is 1.72 bits per heavy atom. The quantitative estimate of drug-likeness (QED) is 0.376. The maximum absolute atomic E-state index is 10.9. The highest BCUT2D eigenvalue weighted by Crippen LogP contribution is 2.23. The number of cyclic esters (lactones) is 4. The highest BCUT2D eigenvalue weighted by molar-refractivity contribution is 5.62. The molecule has 2 fully saturated rings. The highest BCUT2D eigenvalue weighted by Gasteiger charge is 2.32. The smallest absolute Gasteiger partial charge is 0.430 e. The summed E-state index contributed by atoms with van der Waals surface area (Å²) in [7, 11) is 0. The Kier molecular flexibility index (Phi) is 9.37. The van der Waals surface area contributed by atoms with E-state index in [0.717, 1.165) is 0 Å². The zero-order valence-electron chi connectivity index (χ0n) is 16.7. The number of ether oxygens (including phenoxy) is 7. The van der Waals surface area contributed by atoms with E-state index < -0.39 is 42.3 Å². The summed E-state index contributed by atoms with van der Waals surface area (Å²) in [5.74, 6) is 0. The molecule has 0 radical (unpaired) electrons. The third-order valence-corrected chi connectivity index (χ3v) is 4.67. The van der Waals surface area contributed by atoms with Crippen molar-refractivity contribution in [2.45, 2.75) is 56.7 Å². The van der Waals surface area contributed by atoms with E-state index in [0.29, 0.717) is 12.8 Å². The standard InChI is InChI=1S/C18H30O11/c1-3-18(2,27-11-15-10-26-17(22)29-15)4-12(20)6-23-7-13(5-19)24-8-14-9-25-16(21)28-14/h12-15,19-20H,3-11H2,1-2H3. The number of rotatable bonds is 14. The minimum absolute atomic E-state index is 0.0296. The van der Waals surface area contributed by atoms with Crippen LogP contribution in [-0.2, 0) is 33.2 Å². The van der Waals surface area contributed by atoms with Gasteiger partial charge in [0.15, 0.2) is 12.2 Å². The van der Waals surface area contributed by atoms with Gasteiger partial charge < -0.3 is 43.4 Å². The Morgan fingerprint density at radius 3 is 2.24 bits per heavy atom. The normalized spacial score (nSPS) is 25.5. The summed E-state index contributed by atoms with van der Waals surface area (Å²) in [6, 6.07) is 0. The van der Waals surface area contributed by atoms with Crippen LogP contribution < -0.4 is 0 Å². The van der Waals surface area contributed by atoms with Gasteiger partial charge in [-0.15, -0.1) is 0 Å². The van der Waals surface area contributed by atoms with E-state index in [4.69, 9.17) is 28.4 Å². The Hall–Kier alpha value is -1.66. The number of hydrogen-bond donors (Lipinski definition) is 2. The topological polar surface area (TPSA) is 139 Å². The lowest BCUT2D eigenvalue weighted by molar-refractivity contribution is -0.106. The fourth-order valence-electron chi connectivity index (χ4n) is 2.78. The van der Waals surface area contributed by atoms with Crippen LogP contribution in [0.2, 0.25) is 0 Å². The van der Waals surface area contributed by atoms with Gasteiger partial charge in [-0.25, -0.2) is 9.59 Å². The summed E-state index contributed by atoms with van der Waals surface area (Å²) in [6.45, 7) is 4.13. The van der Waals surface area contributed by atoms with Crippen molar-refractivity contribution in [3.8, 4) is 0 Å². The SMILES string of the molecule is CCC(C)(CC(O)COCC(CO)OCC1COC(=O)O1)OCC1COC(=O)O1. The molecule has 0 aromatic carbocycles. The molecular formula is C18H30O11. The van der Waals surface area contributed by atoms with Crippen LogP contribution in [0.3, 0.4) is 0 Å². The fourth-order valence-corrected chi connectivity index (χ4v) is 2.78. The third-order valence-electron chi connectivity index (χ3n) is 4.67. The molecule has 0 bridgehead atoms. The van der Waals surface area contributed by atoms with Crippen LogP contribution in [0, 0.1) is 0 Å². The number of aliphatic hydroxyl groups excluding tert-OH is 2. The molecular weight excluding hydrogens is 392 g/mol. The lowest BCUT2D eigenvalue weighted by atomic mass is 9.95. The minimum atomic E-state index is -0.800. The van der Waals surface area contributed by atoms with Crippen molar-refractivity contribution in [2.75, 3.05) is 46.2 Å². The molecule has 2 rings (SSSR count). The minimum Gasteiger partial charge on any atom is -0.430 e. The second-order valence-corrected chi connectivity index (χ2v) is 7.25. The summed E-state index contributed by atoms with van der Waals surface area (Å²) in [6.07, 6.45) is -2.87. The largest absolute Gasteiger partial charge is 0.508 e. The van der Waals surface area contributed by atoms with Crippen LogP contribution in [0.4, 0.5) is 9.59 Å². The average molecular weight is 422 g/mol. The molecule has 11 heteroatoms. The molecule has 2 N–H and O–H groups in total. The van der Waals surface area contributed by atoms with E-state index in [9.17, 15) is 19.8 Å². The van der Waals surface area contributed by atoms with Crippen LogP contribution in [0.15, 0.2) is 0 Å². The highest BCUT2D eigenvalue weighted by atomic mass is 16.8. The van der Waals surface area contributed by atoms with Crippen molar-refractivity contribution in [3.63, 3.8) is 0 Å². The molecule has 29 heavy (non-hydrogen) atoms. The van der Waals surface area contributed by atoms with Crippen LogP contribution in [0.5, 0.6) is 0 Å². The lowest BCUT2D eigenvalue weighted by Crippen LogP contribution is -2.38. The molecule has 0 aliphatic carbocycles. The number of carbonyl (C=O) groups is 2. The van der Waals surface area contributed by atoms with Crippen LogP contribution in [0.1, 0.15) is 26.7 Å². The van der Waals surface area contributed by atoms with E-state index >= 15 is 0 Å². The van der Waals surface area contributed by atoms with E-state index in [2.05, 4.69) is 4.74 Å². The summed E-state index contributed by atoms with van der Waals surface area (Å²) < 4.78 is 35.9. The molecule has 2 aliphatic rings. The molecule has 11 nitrogen and oxygen atoms in total. The van der Waals surface area contributed by atoms with Gasteiger partial charge in [0.25, 0.3) is 0 Å². The molecule has 2 heterocycles. The van der Waals surface area contributed by atoms with E-state index in [-0.39, 0.29) is 46.2 Å². The van der Waals surface area contributed by atoms with E-state index in [1.165, 1.54) is 0 Å². The molecule has 2 aliphatic heterocycles. The first-order valence-electron chi connectivity index (χ1n) is 9.62. The fraction of sp³-hybridized carbons (Fsp3) is 0.889. The van der Waals surface area contributed by atoms with Crippen LogP contribution in [-0.4, -0.2) is 98.8 Å². The zero-order chi connectivity index (χ0) is 21.3. The second kappa shape index (κ2) is 11.5. The van der Waals surface area contributed by atoms with Crippen molar-refractivity contribution in [1.82, 2.24) is 0 Å².